The number of alkyl halides is 3. The zero-order valence-electron chi connectivity index (χ0n) is 12.6. The SMILES string of the molecule is O=C(Nc1ccc(-c2noc(=O)[nH]2)cc1)C12CC(C1)C(C(F)(F)F)O2. The van der Waals surface area contributed by atoms with Crippen molar-refractivity contribution in [1.29, 1.82) is 0 Å². The Balaban J connectivity index is 1.45. The van der Waals surface area contributed by atoms with Gasteiger partial charge >= 0.3 is 11.9 Å². The highest BCUT2D eigenvalue weighted by molar-refractivity contribution is 5.98. The standard InChI is InChI=1S/C15H12F3N3O4/c16-15(17,18)10-8-5-14(6-8,24-10)12(22)19-9-3-1-7(2-4-9)11-20-13(23)25-21-11/h1-4,8,10H,5-6H2,(H,19,22)(H,20,21,23). The van der Waals surface area contributed by atoms with Crippen LogP contribution < -0.4 is 11.1 Å². The molecular weight excluding hydrogens is 343 g/mol. The number of carbonyl (C=O) groups excluding carboxylic acids is 1. The number of hydrogen-bond donors (Lipinski definition) is 2. The molecule has 1 saturated carbocycles. The van der Waals surface area contributed by atoms with E-state index >= 15 is 0 Å². The molecule has 3 heterocycles. The second-order valence-corrected chi connectivity index (χ2v) is 6.22. The lowest BCUT2D eigenvalue weighted by atomic mass is 9.72. The number of rotatable bonds is 3. The smallest absolute Gasteiger partial charge is 0.352 e. The van der Waals surface area contributed by atoms with Crippen LogP contribution in [0.15, 0.2) is 33.6 Å². The zero-order chi connectivity index (χ0) is 17.8. The van der Waals surface area contributed by atoms with Crippen LogP contribution in [0.3, 0.4) is 0 Å². The fourth-order valence-electron chi connectivity index (χ4n) is 3.32. The molecule has 132 valence electrons. The van der Waals surface area contributed by atoms with E-state index in [9.17, 15) is 22.8 Å². The molecular formula is C15H12F3N3O4. The van der Waals surface area contributed by atoms with E-state index in [0.29, 0.717) is 11.3 Å². The number of carbonyl (C=O) groups is 1. The Kier molecular flexibility index (Phi) is 3.29. The predicted octanol–water partition coefficient (Wildman–Crippen LogP) is 2.08. The summed E-state index contributed by atoms with van der Waals surface area (Å²) in [5.41, 5.74) is -0.447. The van der Waals surface area contributed by atoms with Crippen LogP contribution in [0.5, 0.6) is 0 Å². The number of hydrogen-bond acceptors (Lipinski definition) is 5. The van der Waals surface area contributed by atoms with Crippen LogP contribution >= 0.6 is 0 Å². The van der Waals surface area contributed by atoms with Crippen molar-refractivity contribution in [1.82, 2.24) is 10.1 Å². The van der Waals surface area contributed by atoms with Gasteiger partial charge in [0.1, 0.15) is 5.60 Å². The number of ether oxygens (including phenoxy) is 1. The van der Waals surface area contributed by atoms with Crippen LogP contribution in [0, 0.1) is 5.92 Å². The first-order valence-electron chi connectivity index (χ1n) is 7.49. The minimum atomic E-state index is -4.46. The summed E-state index contributed by atoms with van der Waals surface area (Å²) in [5.74, 6) is -1.70. The molecule has 1 atom stereocenters. The van der Waals surface area contributed by atoms with Crippen LogP contribution in [0.1, 0.15) is 12.8 Å². The van der Waals surface area contributed by atoms with E-state index in [1.807, 2.05) is 0 Å². The van der Waals surface area contributed by atoms with Crippen LogP contribution in [-0.2, 0) is 9.53 Å². The predicted molar refractivity (Wildman–Crippen MR) is 77.6 cm³/mol. The summed E-state index contributed by atoms with van der Waals surface area (Å²) in [4.78, 5) is 25.6. The number of nitrogens with one attached hydrogen (secondary N) is 2. The molecule has 2 N–H and O–H groups in total. The van der Waals surface area contributed by atoms with Gasteiger partial charge in [0.25, 0.3) is 5.91 Å². The van der Waals surface area contributed by atoms with Gasteiger partial charge in [0.2, 0.25) is 0 Å². The molecule has 2 bridgehead atoms. The van der Waals surface area contributed by atoms with Crippen LogP contribution in [0.2, 0.25) is 0 Å². The van der Waals surface area contributed by atoms with Gasteiger partial charge in [-0.15, -0.1) is 0 Å². The molecule has 1 unspecified atom stereocenters. The number of benzene rings is 1. The fraction of sp³-hybridized carbons (Fsp3) is 0.400. The second-order valence-electron chi connectivity index (χ2n) is 6.22. The summed E-state index contributed by atoms with van der Waals surface area (Å²) >= 11 is 0. The van der Waals surface area contributed by atoms with Gasteiger partial charge in [-0.05, 0) is 37.1 Å². The van der Waals surface area contributed by atoms with Crippen molar-refractivity contribution < 1.29 is 27.2 Å². The maximum Gasteiger partial charge on any atom is 0.439 e. The normalized spacial score (nSPS) is 27.8. The van der Waals surface area contributed by atoms with Gasteiger partial charge in [0, 0.05) is 17.2 Å². The number of fused-ring (bicyclic) bond motifs is 1. The van der Waals surface area contributed by atoms with Crippen molar-refractivity contribution in [3.8, 4) is 11.4 Å². The Bertz CT molecular complexity index is 865. The number of amides is 1. The minimum Gasteiger partial charge on any atom is -0.352 e. The third-order valence-electron chi connectivity index (χ3n) is 4.56. The maximum absolute atomic E-state index is 12.8. The summed E-state index contributed by atoms with van der Waals surface area (Å²) < 4.78 is 47.8. The highest BCUT2D eigenvalue weighted by atomic mass is 19.4. The molecule has 0 spiro atoms. The third-order valence-corrected chi connectivity index (χ3v) is 4.56. The Labute approximate surface area is 138 Å². The van der Waals surface area contributed by atoms with Gasteiger partial charge in [0.05, 0.1) is 0 Å². The third kappa shape index (κ3) is 2.62. The molecule has 2 aromatic rings. The van der Waals surface area contributed by atoms with Crippen molar-refractivity contribution in [3.05, 3.63) is 34.8 Å². The molecule has 1 amide bonds. The molecule has 25 heavy (non-hydrogen) atoms. The average Bonchev–Trinajstić information content (AvgIpc) is 3.19. The number of nitrogens with zero attached hydrogens (tertiary/aromatic N) is 1. The first kappa shape index (κ1) is 15.9. The fourth-order valence-corrected chi connectivity index (χ4v) is 3.32. The molecule has 7 nitrogen and oxygen atoms in total. The molecule has 2 aliphatic heterocycles. The van der Waals surface area contributed by atoms with E-state index in [-0.39, 0.29) is 18.7 Å². The van der Waals surface area contributed by atoms with Crippen molar-refractivity contribution in [2.24, 2.45) is 5.92 Å². The molecule has 3 aliphatic rings. The van der Waals surface area contributed by atoms with Gasteiger partial charge in [-0.25, -0.2) is 4.79 Å². The minimum absolute atomic E-state index is 0.0707. The van der Waals surface area contributed by atoms with Gasteiger partial charge in [-0.3, -0.25) is 14.3 Å². The zero-order valence-corrected chi connectivity index (χ0v) is 12.6. The summed E-state index contributed by atoms with van der Waals surface area (Å²) in [6.07, 6.45) is -6.19. The lowest BCUT2D eigenvalue weighted by Gasteiger charge is -2.33. The maximum atomic E-state index is 12.8. The number of halogens is 3. The summed E-state index contributed by atoms with van der Waals surface area (Å²) in [7, 11) is 0. The van der Waals surface area contributed by atoms with E-state index < -0.39 is 35.5 Å². The van der Waals surface area contributed by atoms with Crippen molar-refractivity contribution >= 4 is 11.6 Å². The number of anilines is 1. The first-order chi connectivity index (χ1) is 11.8. The Hall–Kier alpha value is -2.62. The molecule has 0 radical (unpaired) electrons. The van der Waals surface area contributed by atoms with Crippen LogP contribution in [0.4, 0.5) is 18.9 Å². The van der Waals surface area contributed by atoms with E-state index in [2.05, 4.69) is 20.0 Å². The Morgan fingerprint density at radius 2 is 1.96 bits per heavy atom. The Morgan fingerprint density at radius 3 is 2.48 bits per heavy atom. The highest BCUT2D eigenvalue weighted by Gasteiger charge is 2.68. The van der Waals surface area contributed by atoms with Gasteiger partial charge in [-0.1, -0.05) is 5.16 Å². The van der Waals surface area contributed by atoms with Gasteiger partial charge in [-0.2, -0.15) is 13.2 Å². The average molecular weight is 355 g/mol. The van der Waals surface area contributed by atoms with Gasteiger partial charge < -0.3 is 10.1 Å². The number of aromatic nitrogens is 2. The molecule has 1 aromatic carbocycles. The number of H-pyrrole nitrogens is 1. The molecule has 3 fully saturated rings. The van der Waals surface area contributed by atoms with Crippen molar-refractivity contribution in [2.45, 2.75) is 30.7 Å². The molecule has 10 heteroatoms. The highest BCUT2D eigenvalue weighted by Crippen LogP contribution is 2.56. The quantitative estimate of drug-likeness (QED) is 0.879. The lowest BCUT2D eigenvalue weighted by Crippen LogP contribution is -2.48. The van der Waals surface area contributed by atoms with E-state index in [0.717, 1.165) is 0 Å². The second kappa shape index (κ2) is 5.19. The van der Waals surface area contributed by atoms with Crippen LogP contribution in [-0.4, -0.2) is 33.9 Å². The summed E-state index contributed by atoms with van der Waals surface area (Å²) in [6.45, 7) is 0. The van der Waals surface area contributed by atoms with Crippen molar-refractivity contribution in [2.75, 3.05) is 5.32 Å². The molecule has 1 aliphatic carbocycles. The van der Waals surface area contributed by atoms with Crippen molar-refractivity contribution in [3.63, 3.8) is 0 Å². The van der Waals surface area contributed by atoms with E-state index in [1.54, 1.807) is 24.3 Å². The lowest BCUT2D eigenvalue weighted by molar-refractivity contribution is -0.215. The van der Waals surface area contributed by atoms with E-state index in [4.69, 9.17) is 4.74 Å². The molecule has 5 rings (SSSR count). The molecule has 1 aromatic heterocycles. The number of aromatic amines is 1. The first-order valence-corrected chi connectivity index (χ1v) is 7.49. The topological polar surface area (TPSA) is 97.2 Å². The summed E-state index contributed by atoms with van der Waals surface area (Å²) in [6, 6.07) is 6.25. The molecule has 2 saturated heterocycles. The monoisotopic (exact) mass is 355 g/mol. The van der Waals surface area contributed by atoms with Crippen LogP contribution in [0.25, 0.3) is 11.4 Å². The largest absolute Gasteiger partial charge is 0.439 e. The summed E-state index contributed by atoms with van der Waals surface area (Å²) in [5, 5.41) is 6.10. The van der Waals surface area contributed by atoms with Gasteiger partial charge in [0.15, 0.2) is 11.9 Å². The Morgan fingerprint density at radius 1 is 1.28 bits per heavy atom. The van der Waals surface area contributed by atoms with E-state index in [1.165, 1.54) is 0 Å².